The van der Waals surface area contributed by atoms with Gasteiger partial charge in [0.25, 0.3) is 0 Å². The normalized spacial score (nSPS) is 20.5. The van der Waals surface area contributed by atoms with Gasteiger partial charge in [0.2, 0.25) is 5.91 Å². The summed E-state index contributed by atoms with van der Waals surface area (Å²) in [6, 6.07) is 0.555. The van der Waals surface area contributed by atoms with E-state index in [4.69, 9.17) is 5.73 Å². The second-order valence-corrected chi connectivity index (χ2v) is 2.65. The number of likely N-dealkylation sites (tertiary alicyclic amines) is 1. The minimum atomic E-state index is -0.241. The minimum absolute atomic E-state index is 0.241. The van der Waals surface area contributed by atoms with Gasteiger partial charge in [-0.05, 0) is 7.05 Å². The summed E-state index contributed by atoms with van der Waals surface area (Å²) in [6.07, 6.45) is 0. The molecule has 0 atom stereocenters. The van der Waals surface area contributed by atoms with Crippen molar-refractivity contribution in [2.45, 2.75) is 6.04 Å². The zero-order valence-electron chi connectivity index (χ0n) is 6.13. The topological polar surface area (TPSA) is 58.4 Å². The predicted molar refractivity (Wildman–Crippen MR) is 38.5 cm³/mol. The molecule has 0 aliphatic carbocycles. The Labute approximate surface area is 60.4 Å². The molecule has 4 heteroatoms. The van der Waals surface area contributed by atoms with Crippen molar-refractivity contribution in [3.8, 4) is 0 Å². The highest BCUT2D eigenvalue weighted by Crippen LogP contribution is 2.04. The van der Waals surface area contributed by atoms with E-state index in [9.17, 15) is 4.79 Å². The third-order valence-corrected chi connectivity index (χ3v) is 1.74. The molecule has 0 spiro atoms. The molecule has 1 saturated heterocycles. The van der Waals surface area contributed by atoms with Gasteiger partial charge in [-0.1, -0.05) is 0 Å². The van der Waals surface area contributed by atoms with Crippen LogP contribution in [0.1, 0.15) is 0 Å². The number of rotatable bonds is 3. The summed E-state index contributed by atoms with van der Waals surface area (Å²) in [4.78, 5) is 12.4. The van der Waals surface area contributed by atoms with E-state index in [1.807, 2.05) is 11.9 Å². The van der Waals surface area contributed by atoms with Crippen molar-refractivity contribution in [2.75, 3.05) is 26.7 Å². The largest absolute Gasteiger partial charge is 0.369 e. The van der Waals surface area contributed by atoms with Gasteiger partial charge in [0, 0.05) is 19.1 Å². The first-order valence-corrected chi connectivity index (χ1v) is 3.40. The molecule has 1 rings (SSSR count). The number of primary amides is 1. The average Bonchev–Trinajstić information content (AvgIpc) is 1.76. The maximum absolute atomic E-state index is 10.4. The molecule has 0 saturated carbocycles. The molecule has 0 bridgehead atoms. The molecule has 3 N–H and O–H groups in total. The number of nitrogens with zero attached hydrogens (tertiary/aromatic N) is 1. The smallest absolute Gasteiger partial charge is 0.231 e. The number of amides is 1. The van der Waals surface area contributed by atoms with Crippen LogP contribution in [0.3, 0.4) is 0 Å². The minimum Gasteiger partial charge on any atom is -0.369 e. The summed E-state index contributed by atoms with van der Waals surface area (Å²) in [6.45, 7) is 2.29. The van der Waals surface area contributed by atoms with Crippen LogP contribution in [0.15, 0.2) is 0 Å². The van der Waals surface area contributed by atoms with E-state index >= 15 is 0 Å². The molecule has 1 aliphatic heterocycles. The lowest BCUT2D eigenvalue weighted by molar-refractivity contribution is -0.120. The Hall–Kier alpha value is -0.610. The van der Waals surface area contributed by atoms with Crippen molar-refractivity contribution < 1.29 is 4.79 Å². The molecule has 4 nitrogen and oxygen atoms in total. The van der Waals surface area contributed by atoms with Crippen molar-refractivity contribution in [2.24, 2.45) is 5.73 Å². The van der Waals surface area contributed by atoms with Gasteiger partial charge in [0.1, 0.15) is 0 Å². The predicted octanol–water partition coefficient (Wildman–Crippen LogP) is -1.62. The van der Waals surface area contributed by atoms with Crippen LogP contribution >= 0.6 is 0 Å². The average molecular weight is 143 g/mol. The molecule has 0 radical (unpaired) electrons. The van der Waals surface area contributed by atoms with Crippen LogP contribution in [0.25, 0.3) is 0 Å². The van der Waals surface area contributed by atoms with Gasteiger partial charge in [-0.3, -0.25) is 9.69 Å². The summed E-state index contributed by atoms with van der Waals surface area (Å²) in [5, 5.41) is 3.11. The Morgan fingerprint density at radius 3 is 2.80 bits per heavy atom. The van der Waals surface area contributed by atoms with Gasteiger partial charge in [0.05, 0.1) is 6.54 Å². The van der Waals surface area contributed by atoms with Crippen molar-refractivity contribution in [1.82, 2.24) is 10.2 Å². The maximum atomic E-state index is 10.4. The van der Waals surface area contributed by atoms with Gasteiger partial charge in [0.15, 0.2) is 0 Å². The van der Waals surface area contributed by atoms with E-state index in [1.54, 1.807) is 0 Å². The van der Waals surface area contributed by atoms with E-state index in [1.165, 1.54) is 0 Å². The van der Waals surface area contributed by atoms with Crippen LogP contribution in [-0.2, 0) is 4.79 Å². The quantitative estimate of drug-likeness (QED) is 0.499. The fraction of sp³-hybridized carbons (Fsp3) is 0.833. The first-order chi connectivity index (χ1) is 4.72. The Balaban J connectivity index is 2.08. The van der Waals surface area contributed by atoms with E-state index in [2.05, 4.69) is 5.32 Å². The Morgan fingerprint density at radius 2 is 2.40 bits per heavy atom. The number of hydrogen-bond acceptors (Lipinski definition) is 3. The molecule has 0 aromatic carbocycles. The number of nitrogens with one attached hydrogen (secondary N) is 1. The lowest BCUT2D eigenvalue weighted by atomic mass is 10.1. The lowest BCUT2D eigenvalue weighted by Gasteiger charge is -2.37. The number of hydrogen-bond donors (Lipinski definition) is 2. The molecule has 0 aromatic rings. The van der Waals surface area contributed by atoms with Crippen LogP contribution in [0.2, 0.25) is 0 Å². The highest BCUT2D eigenvalue weighted by atomic mass is 16.1. The molecular formula is C6H13N3O. The summed E-state index contributed by atoms with van der Waals surface area (Å²) < 4.78 is 0. The molecule has 0 aromatic heterocycles. The maximum Gasteiger partial charge on any atom is 0.231 e. The van der Waals surface area contributed by atoms with Crippen molar-refractivity contribution in [1.29, 1.82) is 0 Å². The summed E-state index contributed by atoms with van der Waals surface area (Å²) in [5.41, 5.74) is 4.99. The zero-order chi connectivity index (χ0) is 7.56. The van der Waals surface area contributed by atoms with Crippen LogP contribution in [0, 0.1) is 0 Å². The molecule has 0 unspecified atom stereocenters. The van der Waals surface area contributed by atoms with Gasteiger partial charge >= 0.3 is 0 Å². The Morgan fingerprint density at radius 1 is 1.80 bits per heavy atom. The Kier molecular flexibility index (Phi) is 2.24. The fourth-order valence-electron chi connectivity index (χ4n) is 1.10. The number of likely N-dealkylation sites (N-methyl/N-ethyl adjacent to an activating group) is 1. The first-order valence-electron chi connectivity index (χ1n) is 3.40. The SMILES string of the molecule is CNC1CN(CC(N)=O)C1. The molecule has 58 valence electrons. The van der Waals surface area contributed by atoms with Crippen LogP contribution in [0.5, 0.6) is 0 Å². The fourth-order valence-corrected chi connectivity index (χ4v) is 1.10. The zero-order valence-corrected chi connectivity index (χ0v) is 6.13. The Bertz CT molecular complexity index is 131. The van der Waals surface area contributed by atoms with Crippen molar-refractivity contribution >= 4 is 5.91 Å². The van der Waals surface area contributed by atoms with Gasteiger partial charge in [-0.25, -0.2) is 0 Å². The number of carbonyl (C=O) groups is 1. The summed E-state index contributed by atoms with van der Waals surface area (Å²) in [5.74, 6) is -0.241. The van der Waals surface area contributed by atoms with Gasteiger partial charge in [-0.15, -0.1) is 0 Å². The highest BCUT2D eigenvalue weighted by Gasteiger charge is 2.25. The number of nitrogens with two attached hydrogens (primary N) is 1. The van der Waals surface area contributed by atoms with E-state index in [-0.39, 0.29) is 5.91 Å². The van der Waals surface area contributed by atoms with Gasteiger partial charge < -0.3 is 11.1 Å². The second-order valence-electron chi connectivity index (χ2n) is 2.65. The molecule has 1 amide bonds. The van der Waals surface area contributed by atoms with E-state index < -0.39 is 0 Å². The van der Waals surface area contributed by atoms with Crippen molar-refractivity contribution in [3.63, 3.8) is 0 Å². The van der Waals surface area contributed by atoms with E-state index in [0.717, 1.165) is 13.1 Å². The summed E-state index contributed by atoms with van der Waals surface area (Å²) in [7, 11) is 1.92. The van der Waals surface area contributed by atoms with Crippen molar-refractivity contribution in [3.05, 3.63) is 0 Å². The molecule has 1 heterocycles. The van der Waals surface area contributed by atoms with Crippen LogP contribution < -0.4 is 11.1 Å². The molecule has 1 fully saturated rings. The highest BCUT2D eigenvalue weighted by molar-refractivity contribution is 5.76. The third-order valence-electron chi connectivity index (χ3n) is 1.74. The van der Waals surface area contributed by atoms with Crippen LogP contribution in [0.4, 0.5) is 0 Å². The third kappa shape index (κ3) is 1.68. The second kappa shape index (κ2) is 2.98. The van der Waals surface area contributed by atoms with Gasteiger partial charge in [-0.2, -0.15) is 0 Å². The molecular weight excluding hydrogens is 130 g/mol. The molecule has 1 aliphatic rings. The first kappa shape index (κ1) is 7.50. The number of carbonyl (C=O) groups excluding carboxylic acids is 1. The van der Waals surface area contributed by atoms with Crippen LogP contribution in [-0.4, -0.2) is 43.5 Å². The monoisotopic (exact) mass is 143 g/mol. The molecule has 10 heavy (non-hydrogen) atoms. The van der Waals surface area contributed by atoms with E-state index in [0.29, 0.717) is 12.6 Å². The summed E-state index contributed by atoms with van der Waals surface area (Å²) >= 11 is 0. The lowest BCUT2D eigenvalue weighted by Crippen LogP contribution is -2.58. The standard InChI is InChI=1S/C6H13N3O/c1-8-5-2-9(3-5)4-6(7)10/h5,8H,2-4H2,1H3,(H2,7,10).